The number of aromatic nitrogens is 4. The van der Waals surface area contributed by atoms with Gasteiger partial charge in [0.25, 0.3) is 0 Å². The molecule has 1 aliphatic heterocycles. The third kappa shape index (κ3) is 1.93. The molecule has 0 radical (unpaired) electrons. The van der Waals surface area contributed by atoms with Gasteiger partial charge >= 0.3 is 0 Å². The van der Waals surface area contributed by atoms with E-state index in [0.29, 0.717) is 17.6 Å². The molecule has 4 rings (SSSR count). The number of fused-ring (bicyclic) bond motifs is 2. The fourth-order valence-electron chi connectivity index (χ4n) is 4.42. The van der Waals surface area contributed by atoms with E-state index in [1.165, 1.54) is 17.2 Å². The summed E-state index contributed by atoms with van der Waals surface area (Å²) in [6, 6.07) is 0. The zero-order valence-electron chi connectivity index (χ0n) is 15.3. The average Bonchev–Trinajstić information content (AvgIpc) is 3.00. The normalized spacial score (nSPS) is 35.2. The van der Waals surface area contributed by atoms with Crippen molar-refractivity contribution in [1.82, 2.24) is 19.5 Å². The number of nitrogens with two attached hydrogens (primary N) is 1. The summed E-state index contributed by atoms with van der Waals surface area (Å²) in [6.45, 7) is 5.14. The van der Waals surface area contributed by atoms with Gasteiger partial charge in [-0.1, -0.05) is 27.2 Å². The third-order valence-electron chi connectivity index (χ3n) is 6.21. The van der Waals surface area contributed by atoms with Crippen LogP contribution < -0.4 is 5.73 Å². The molecule has 2 fully saturated rings. The Labute approximate surface area is 155 Å². The zero-order valence-corrected chi connectivity index (χ0v) is 15.3. The van der Waals surface area contributed by atoms with Gasteiger partial charge in [0.1, 0.15) is 29.2 Å². The molecule has 27 heavy (non-hydrogen) atoms. The van der Waals surface area contributed by atoms with Crippen molar-refractivity contribution in [3.05, 3.63) is 12.7 Å². The molecule has 2 aromatic heterocycles. The SMILES string of the molecule is CCCC(O)C(=O)[C@H]1O[C@@H](n2cnc3c(N)ncnc32)[C@@]2(O)C(C)(C)[C@@]12O. The predicted octanol–water partition coefficient (Wildman–Crippen LogP) is -0.462. The van der Waals surface area contributed by atoms with Crippen molar-refractivity contribution < 1.29 is 24.9 Å². The van der Waals surface area contributed by atoms with Crippen molar-refractivity contribution in [2.75, 3.05) is 5.73 Å². The second-order valence-electron chi connectivity index (χ2n) is 7.82. The highest BCUT2D eigenvalue weighted by Crippen LogP contribution is 2.75. The van der Waals surface area contributed by atoms with Gasteiger partial charge in [-0.3, -0.25) is 9.36 Å². The molecule has 10 heteroatoms. The first-order chi connectivity index (χ1) is 12.6. The molecule has 3 heterocycles. The van der Waals surface area contributed by atoms with E-state index in [9.17, 15) is 20.1 Å². The first-order valence-corrected chi connectivity index (χ1v) is 8.88. The molecule has 1 aliphatic carbocycles. The quantitative estimate of drug-likeness (QED) is 0.541. The van der Waals surface area contributed by atoms with E-state index in [2.05, 4.69) is 15.0 Å². The van der Waals surface area contributed by atoms with Crippen LogP contribution in [0.4, 0.5) is 5.82 Å². The minimum absolute atomic E-state index is 0.167. The third-order valence-corrected chi connectivity index (χ3v) is 6.21. The summed E-state index contributed by atoms with van der Waals surface area (Å²) in [4.78, 5) is 24.9. The lowest BCUT2D eigenvalue weighted by molar-refractivity contribution is -0.157. The van der Waals surface area contributed by atoms with Gasteiger partial charge in [-0.05, 0) is 6.42 Å². The van der Waals surface area contributed by atoms with Gasteiger partial charge in [0.2, 0.25) is 0 Å². The Kier molecular flexibility index (Phi) is 3.68. The van der Waals surface area contributed by atoms with Crippen LogP contribution in [0.5, 0.6) is 0 Å². The van der Waals surface area contributed by atoms with Gasteiger partial charge < -0.3 is 25.8 Å². The van der Waals surface area contributed by atoms with Crippen molar-refractivity contribution in [3.63, 3.8) is 0 Å². The Morgan fingerprint density at radius 1 is 1.33 bits per heavy atom. The minimum atomic E-state index is -1.84. The lowest BCUT2D eigenvalue weighted by Crippen LogP contribution is -2.44. The molecule has 1 saturated heterocycles. The number of aliphatic hydroxyl groups excluding tert-OH is 1. The second kappa shape index (κ2) is 5.44. The molecule has 0 aromatic carbocycles. The summed E-state index contributed by atoms with van der Waals surface area (Å²) in [5.74, 6) is -0.482. The van der Waals surface area contributed by atoms with Crippen LogP contribution in [-0.4, -0.2) is 64.0 Å². The molecule has 5 atom stereocenters. The summed E-state index contributed by atoms with van der Waals surface area (Å²) in [5, 5.41) is 32.6. The molecular weight excluding hydrogens is 354 g/mol. The molecule has 0 spiro atoms. The van der Waals surface area contributed by atoms with Crippen molar-refractivity contribution in [2.45, 2.75) is 63.3 Å². The number of anilines is 1. The number of hydrogen-bond donors (Lipinski definition) is 4. The molecular formula is C17H23N5O5. The fraction of sp³-hybridized carbons (Fsp3) is 0.647. The Balaban J connectivity index is 1.79. The number of hydrogen-bond acceptors (Lipinski definition) is 9. The van der Waals surface area contributed by atoms with Gasteiger partial charge in [0, 0.05) is 5.41 Å². The van der Waals surface area contributed by atoms with Crippen LogP contribution in [0.2, 0.25) is 0 Å². The molecule has 0 amide bonds. The summed E-state index contributed by atoms with van der Waals surface area (Å²) in [5.41, 5.74) is 1.79. The Bertz CT molecular complexity index is 930. The maximum atomic E-state index is 12.7. The van der Waals surface area contributed by atoms with E-state index in [4.69, 9.17) is 10.5 Å². The van der Waals surface area contributed by atoms with Crippen LogP contribution in [0.3, 0.4) is 0 Å². The number of nitrogen functional groups attached to an aromatic ring is 1. The molecule has 1 saturated carbocycles. The molecule has 0 bridgehead atoms. The minimum Gasteiger partial charge on any atom is -0.385 e. The number of ketones is 1. The average molecular weight is 377 g/mol. The van der Waals surface area contributed by atoms with Crippen molar-refractivity contribution >= 4 is 22.8 Å². The molecule has 1 unspecified atom stereocenters. The molecule has 10 nitrogen and oxygen atoms in total. The van der Waals surface area contributed by atoms with E-state index >= 15 is 0 Å². The summed E-state index contributed by atoms with van der Waals surface area (Å²) >= 11 is 0. The number of carbonyl (C=O) groups excluding carboxylic acids is 1. The first-order valence-electron chi connectivity index (χ1n) is 8.88. The first kappa shape index (κ1) is 18.2. The molecule has 2 aliphatic rings. The van der Waals surface area contributed by atoms with E-state index in [1.54, 1.807) is 13.8 Å². The lowest BCUT2D eigenvalue weighted by atomic mass is 9.95. The van der Waals surface area contributed by atoms with Crippen LogP contribution in [0.1, 0.15) is 39.8 Å². The monoisotopic (exact) mass is 377 g/mol. The maximum absolute atomic E-state index is 12.7. The van der Waals surface area contributed by atoms with Gasteiger partial charge in [0.05, 0.1) is 6.33 Å². The van der Waals surface area contributed by atoms with Crippen molar-refractivity contribution in [3.8, 4) is 0 Å². The van der Waals surface area contributed by atoms with Gasteiger partial charge in [-0.15, -0.1) is 0 Å². The smallest absolute Gasteiger partial charge is 0.193 e. The van der Waals surface area contributed by atoms with Crippen LogP contribution in [0, 0.1) is 5.41 Å². The van der Waals surface area contributed by atoms with Gasteiger partial charge in [-0.25, -0.2) is 15.0 Å². The predicted molar refractivity (Wildman–Crippen MR) is 93.2 cm³/mol. The van der Waals surface area contributed by atoms with Crippen molar-refractivity contribution in [2.24, 2.45) is 5.41 Å². The van der Waals surface area contributed by atoms with Crippen LogP contribution in [0.25, 0.3) is 11.2 Å². The van der Waals surface area contributed by atoms with E-state index in [-0.39, 0.29) is 12.2 Å². The summed E-state index contributed by atoms with van der Waals surface area (Å²) in [6.07, 6.45) is -0.302. The Morgan fingerprint density at radius 2 is 2.04 bits per heavy atom. The second-order valence-corrected chi connectivity index (χ2v) is 7.82. The number of aliphatic hydroxyl groups is 3. The zero-order chi connectivity index (χ0) is 19.8. The highest BCUT2D eigenvalue weighted by atomic mass is 16.6. The van der Waals surface area contributed by atoms with Gasteiger partial charge in [0.15, 0.2) is 29.6 Å². The Morgan fingerprint density at radius 3 is 2.70 bits per heavy atom. The van der Waals surface area contributed by atoms with Crippen LogP contribution in [0.15, 0.2) is 12.7 Å². The topological polar surface area (TPSA) is 157 Å². The molecule has 146 valence electrons. The fourth-order valence-corrected chi connectivity index (χ4v) is 4.42. The number of nitrogens with zero attached hydrogens (tertiary/aromatic N) is 4. The van der Waals surface area contributed by atoms with Crippen molar-refractivity contribution in [1.29, 1.82) is 0 Å². The highest BCUT2D eigenvalue weighted by molar-refractivity contribution is 5.90. The Hall–Kier alpha value is -2.14. The van der Waals surface area contributed by atoms with E-state index < -0.39 is 40.8 Å². The van der Waals surface area contributed by atoms with E-state index in [0.717, 1.165) is 0 Å². The molecule has 2 aromatic rings. The van der Waals surface area contributed by atoms with Crippen LogP contribution in [-0.2, 0) is 9.53 Å². The largest absolute Gasteiger partial charge is 0.385 e. The number of Topliss-reactive ketones (excluding diaryl/α,β-unsaturated/α-hetero) is 1. The molecule has 5 N–H and O–H groups in total. The number of rotatable bonds is 5. The lowest BCUT2D eigenvalue weighted by Gasteiger charge is -2.28. The number of ether oxygens (including phenoxy) is 1. The maximum Gasteiger partial charge on any atom is 0.193 e. The van der Waals surface area contributed by atoms with E-state index in [1.807, 2.05) is 6.92 Å². The van der Waals surface area contributed by atoms with Crippen LogP contribution >= 0.6 is 0 Å². The standard InChI is InChI=1S/C17H23N5O5/c1-4-5-8(23)10(24)11-16(25)15(2,3)17(16,26)14(27-11)22-7-21-9-12(18)19-6-20-13(9)22/h6-8,11,14,23,25-26H,4-5H2,1-3H3,(H2,18,19,20)/t8?,11-,14-,16+,17-/m1/s1. The number of carbonyl (C=O) groups is 1. The summed E-state index contributed by atoms with van der Waals surface area (Å²) < 4.78 is 7.24. The van der Waals surface area contributed by atoms with Gasteiger partial charge in [-0.2, -0.15) is 0 Å². The summed E-state index contributed by atoms with van der Waals surface area (Å²) in [7, 11) is 0. The number of imidazole rings is 1. The highest BCUT2D eigenvalue weighted by Gasteiger charge is 2.93.